The van der Waals surface area contributed by atoms with Crippen LogP contribution in [0.1, 0.15) is 45.1 Å². The van der Waals surface area contributed by atoms with Gasteiger partial charge in [0.25, 0.3) is 5.91 Å². The molecule has 1 heterocycles. The lowest BCUT2D eigenvalue weighted by molar-refractivity contribution is 0.100. The van der Waals surface area contributed by atoms with Crippen LogP contribution in [0, 0.1) is 0 Å². The van der Waals surface area contributed by atoms with Gasteiger partial charge in [-0.3, -0.25) is 14.4 Å². The van der Waals surface area contributed by atoms with Crippen molar-refractivity contribution in [1.29, 1.82) is 0 Å². The second-order valence-corrected chi connectivity index (χ2v) is 6.28. The van der Waals surface area contributed by atoms with E-state index in [0.717, 1.165) is 5.69 Å². The number of anilines is 3. The van der Waals surface area contributed by atoms with Crippen molar-refractivity contribution >= 4 is 34.5 Å². The molecule has 140 valence electrons. The molecule has 1 amide bonds. The molecule has 0 unspecified atom stereocenters. The highest BCUT2D eigenvalue weighted by molar-refractivity contribution is 6.04. The lowest BCUT2D eigenvalue weighted by atomic mass is 10.1. The molecule has 0 atom stereocenters. The molecule has 0 aliphatic heterocycles. The van der Waals surface area contributed by atoms with Gasteiger partial charge in [-0.25, -0.2) is 4.98 Å². The lowest BCUT2D eigenvalue weighted by Crippen LogP contribution is -2.14. The lowest BCUT2D eigenvalue weighted by Gasteiger charge is -2.08. The molecular formula is C22H19N3O3. The van der Waals surface area contributed by atoms with Crippen LogP contribution in [0.2, 0.25) is 0 Å². The molecule has 3 aromatic rings. The normalized spacial score (nSPS) is 10.2. The first-order chi connectivity index (χ1) is 13.4. The van der Waals surface area contributed by atoms with Crippen molar-refractivity contribution in [3.8, 4) is 0 Å². The molecule has 0 aliphatic carbocycles. The average Bonchev–Trinajstić information content (AvgIpc) is 2.69. The minimum atomic E-state index is -0.363. The summed E-state index contributed by atoms with van der Waals surface area (Å²) in [5, 5.41) is 5.90. The summed E-state index contributed by atoms with van der Waals surface area (Å²) in [6.07, 6.45) is 1.56. The van der Waals surface area contributed by atoms with Gasteiger partial charge in [0.05, 0.1) is 11.9 Å². The molecule has 3 rings (SSSR count). The number of Topliss-reactive ketones (excluding diaryl/α,β-unsaturated/α-hetero) is 2. The van der Waals surface area contributed by atoms with Crippen LogP contribution in [0.15, 0.2) is 66.9 Å². The second-order valence-electron chi connectivity index (χ2n) is 6.28. The standard InChI is InChI=1S/C22H19N3O3/c1-14(26)16-6-8-18(9-7-16)24-20-10-11-21(23-13-20)22(28)25-19-5-3-4-17(12-19)15(2)27/h3-13,24H,1-2H3,(H,25,28). The molecule has 28 heavy (non-hydrogen) atoms. The quantitative estimate of drug-likeness (QED) is 0.622. The molecule has 0 aliphatic rings. The van der Waals surface area contributed by atoms with Gasteiger partial charge in [-0.05, 0) is 62.4 Å². The molecule has 0 saturated carbocycles. The van der Waals surface area contributed by atoms with Crippen molar-refractivity contribution in [3.63, 3.8) is 0 Å². The maximum atomic E-state index is 12.4. The van der Waals surface area contributed by atoms with E-state index in [9.17, 15) is 14.4 Å². The maximum absolute atomic E-state index is 12.4. The van der Waals surface area contributed by atoms with E-state index < -0.39 is 0 Å². The topological polar surface area (TPSA) is 88.2 Å². The summed E-state index contributed by atoms with van der Waals surface area (Å²) in [7, 11) is 0. The van der Waals surface area contributed by atoms with E-state index in [2.05, 4.69) is 15.6 Å². The fourth-order valence-electron chi connectivity index (χ4n) is 2.57. The number of rotatable bonds is 6. The van der Waals surface area contributed by atoms with Gasteiger partial charge in [0.2, 0.25) is 0 Å². The largest absolute Gasteiger partial charge is 0.354 e. The van der Waals surface area contributed by atoms with Crippen molar-refractivity contribution in [2.45, 2.75) is 13.8 Å². The van der Waals surface area contributed by atoms with Crippen LogP contribution < -0.4 is 10.6 Å². The monoisotopic (exact) mass is 373 g/mol. The number of hydrogen-bond acceptors (Lipinski definition) is 5. The molecule has 0 bridgehead atoms. The number of pyridine rings is 1. The van der Waals surface area contributed by atoms with E-state index in [1.54, 1.807) is 66.9 Å². The Morgan fingerprint density at radius 2 is 1.43 bits per heavy atom. The van der Waals surface area contributed by atoms with Gasteiger partial charge in [0.15, 0.2) is 11.6 Å². The first-order valence-corrected chi connectivity index (χ1v) is 8.69. The average molecular weight is 373 g/mol. The van der Waals surface area contributed by atoms with Crippen LogP contribution in [0.25, 0.3) is 0 Å². The number of hydrogen-bond donors (Lipinski definition) is 2. The predicted molar refractivity (Wildman–Crippen MR) is 108 cm³/mol. The first kappa shape index (κ1) is 19.0. The Morgan fingerprint density at radius 1 is 0.750 bits per heavy atom. The molecule has 0 fully saturated rings. The number of benzene rings is 2. The van der Waals surface area contributed by atoms with E-state index in [-0.39, 0.29) is 23.2 Å². The van der Waals surface area contributed by atoms with Crippen LogP contribution in [0.4, 0.5) is 17.1 Å². The van der Waals surface area contributed by atoms with Crippen molar-refractivity contribution in [3.05, 3.63) is 83.7 Å². The van der Waals surface area contributed by atoms with Crippen molar-refractivity contribution in [1.82, 2.24) is 4.98 Å². The molecule has 2 aromatic carbocycles. The van der Waals surface area contributed by atoms with Gasteiger partial charge < -0.3 is 10.6 Å². The zero-order valence-electron chi connectivity index (χ0n) is 15.5. The summed E-state index contributed by atoms with van der Waals surface area (Å²) >= 11 is 0. The van der Waals surface area contributed by atoms with E-state index in [1.165, 1.54) is 13.8 Å². The third-order valence-corrected chi connectivity index (χ3v) is 4.10. The third-order valence-electron chi connectivity index (χ3n) is 4.10. The Hall–Kier alpha value is -3.80. The number of amides is 1. The summed E-state index contributed by atoms with van der Waals surface area (Å²) < 4.78 is 0. The van der Waals surface area contributed by atoms with Crippen LogP contribution >= 0.6 is 0 Å². The molecular weight excluding hydrogens is 354 g/mol. The van der Waals surface area contributed by atoms with E-state index in [0.29, 0.717) is 22.5 Å². The Morgan fingerprint density at radius 3 is 2.04 bits per heavy atom. The molecule has 0 radical (unpaired) electrons. The number of carbonyl (C=O) groups is 3. The van der Waals surface area contributed by atoms with Crippen molar-refractivity contribution in [2.24, 2.45) is 0 Å². The molecule has 0 spiro atoms. The predicted octanol–water partition coefficient (Wildman–Crippen LogP) is 4.48. The molecule has 6 nitrogen and oxygen atoms in total. The van der Waals surface area contributed by atoms with E-state index >= 15 is 0 Å². The van der Waals surface area contributed by atoms with Crippen LogP contribution in [0.5, 0.6) is 0 Å². The number of nitrogens with zero attached hydrogens (tertiary/aromatic N) is 1. The summed E-state index contributed by atoms with van der Waals surface area (Å²) in [6, 6.07) is 17.2. The van der Waals surface area contributed by atoms with E-state index in [1.807, 2.05) is 0 Å². The minimum Gasteiger partial charge on any atom is -0.354 e. The van der Waals surface area contributed by atoms with Crippen molar-refractivity contribution in [2.75, 3.05) is 10.6 Å². The zero-order chi connectivity index (χ0) is 20.1. The number of carbonyl (C=O) groups excluding carboxylic acids is 3. The number of aromatic nitrogens is 1. The highest BCUT2D eigenvalue weighted by Gasteiger charge is 2.09. The maximum Gasteiger partial charge on any atom is 0.274 e. The highest BCUT2D eigenvalue weighted by Crippen LogP contribution is 2.18. The van der Waals surface area contributed by atoms with Gasteiger partial charge in [0, 0.05) is 22.5 Å². The Bertz CT molecular complexity index is 1030. The minimum absolute atomic E-state index is 0.0115. The van der Waals surface area contributed by atoms with Gasteiger partial charge in [-0.1, -0.05) is 12.1 Å². The molecule has 0 saturated heterocycles. The van der Waals surface area contributed by atoms with Gasteiger partial charge in [0.1, 0.15) is 5.69 Å². The van der Waals surface area contributed by atoms with Crippen LogP contribution in [0.3, 0.4) is 0 Å². The number of nitrogens with one attached hydrogen (secondary N) is 2. The smallest absolute Gasteiger partial charge is 0.274 e. The van der Waals surface area contributed by atoms with Crippen LogP contribution in [-0.2, 0) is 0 Å². The molecule has 1 aromatic heterocycles. The fraction of sp³-hybridized carbons (Fsp3) is 0.0909. The third kappa shape index (κ3) is 4.67. The van der Waals surface area contributed by atoms with Gasteiger partial charge >= 0.3 is 0 Å². The Labute approximate surface area is 162 Å². The number of ketones is 2. The van der Waals surface area contributed by atoms with E-state index in [4.69, 9.17) is 0 Å². The molecule has 2 N–H and O–H groups in total. The summed E-state index contributed by atoms with van der Waals surface area (Å²) in [6.45, 7) is 2.99. The first-order valence-electron chi connectivity index (χ1n) is 8.69. The van der Waals surface area contributed by atoms with Gasteiger partial charge in [-0.15, -0.1) is 0 Å². The summed E-state index contributed by atoms with van der Waals surface area (Å²) in [5.41, 5.74) is 3.49. The Kier molecular flexibility index (Phi) is 5.60. The van der Waals surface area contributed by atoms with Crippen LogP contribution in [-0.4, -0.2) is 22.5 Å². The molecule has 6 heteroatoms. The zero-order valence-corrected chi connectivity index (χ0v) is 15.5. The second kappa shape index (κ2) is 8.26. The Balaban J connectivity index is 1.66. The highest BCUT2D eigenvalue weighted by atomic mass is 16.2. The van der Waals surface area contributed by atoms with Gasteiger partial charge in [-0.2, -0.15) is 0 Å². The summed E-state index contributed by atoms with van der Waals surface area (Å²) in [5.74, 6) is -0.420. The SMILES string of the molecule is CC(=O)c1ccc(Nc2ccc(C(=O)Nc3cccc(C(C)=O)c3)nc2)cc1. The fourth-order valence-corrected chi connectivity index (χ4v) is 2.57. The van der Waals surface area contributed by atoms with Crippen molar-refractivity contribution < 1.29 is 14.4 Å². The summed E-state index contributed by atoms with van der Waals surface area (Å²) in [4.78, 5) is 39.3.